The third-order valence-corrected chi connectivity index (χ3v) is 4.51. The first-order chi connectivity index (χ1) is 9.99. The van der Waals surface area contributed by atoms with E-state index in [0.29, 0.717) is 16.6 Å². The number of hydrogen-bond donors (Lipinski definition) is 1. The maximum Gasteiger partial charge on any atom is 0.273 e. The molecule has 0 aliphatic carbocycles. The molecule has 1 aliphatic rings. The van der Waals surface area contributed by atoms with Crippen LogP contribution in [0, 0.1) is 6.92 Å². The maximum absolute atomic E-state index is 12.6. The molecule has 0 unspecified atom stereocenters. The van der Waals surface area contributed by atoms with Gasteiger partial charge in [0.25, 0.3) is 11.1 Å². The van der Waals surface area contributed by atoms with Gasteiger partial charge < -0.3 is 9.47 Å². The van der Waals surface area contributed by atoms with Crippen LogP contribution in [-0.2, 0) is 7.05 Å². The van der Waals surface area contributed by atoms with E-state index in [1.54, 1.807) is 24.6 Å². The minimum absolute atomic E-state index is 0. The van der Waals surface area contributed by atoms with Crippen LogP contribution in [0.2, 0.25) is 0 Å². The summed E-state index contributed by atoms with van der Waals surface area (Å²) in [5.41, 5.74) is 1.81. The van der Waals surface area contributed by atoms with Crippen molar-refractivity contribution in [3.05, 3.63) is 38.0 Å². The lowest BCUT2D eigenvalue weighted by Gasteiger charge is -2.29. The van der Waals surface area contributed by atoms with E-state index < -0.39 is 0 Å². The predicted octanol–water partition coefficient (Wildman–Crippen LogP) is 1.16. The topological polar surface area (TPSA) is 71.0 Å². The molecule has 0 atom stereocenters. The van der Waals surface area contributed by atoms with Crippen molar-refractivity contribution in [2.75, 3.05) is 20.1 Å². The smallest absolute Gasteiger partial charge is 0.273 e. The largest absolute Gasteiger partial charge is 0.309 e. The quantitative estimate of drug-likeness (QED) is 0.854. The summed E-state index contributed by atoms with van der Waals surface area (Å²) in [6.45, 7) is 3.77. The molecule has 0 radical (unpaired) electrons. The number of aromatic nitrogens is 3. The molecule has 2 aromatic heterocycles. The van der Waals surface area contributed by atoms with Gasteiger partial charge in [0.1, 0.15) is 0 Å². The molecule has 1 saturated heterocycles. The molecule has 1 N–H and O–H groups in total. The van der Waals surface area contributed by atoms with Crippen molar-refractivity contribution in [3.63, 3.8) is 0 Å². The molecule has 3 rings (SSSR count). The highest BCUT2D eigenvalue weighted by atomic mass is 35.5. The number of nitrogens with zero attached hydrogens (tertiary/aromatic N) is 3. The van der Waals surface area contributed by atoms with Crippen molar-refractivity contribution in [3.8, 4) is 0 Å². The molecule has 0 saturated carbocycles. The number of aromatic amines is 1. The van der Waals surface area contributed by atoms with Crippen molar-refractivity contribution >= 4 is 23.3 Å². The van der Waals surface area contributed by atoms with Gasteiger partial charge >= 0.3 is 0 Å². The zero-order valence-corrected chi connectivity index (χ0v) is 13.9. The Hall–Kier alpha value is -1.66. The van der Waals surface area contributed by atoms with E-state index in [-0.39, 0.29) is 29.4 Å². The highest BCUT2D eigenvalue weighted by Gasteiger charge is 2.23. The van der Waals surface area contributed by atoms with Crippen molar-refractivity contribution in [1.82, 2.24) is 19.7 Å². The number of hydrogen-bond acceptors (Lipinski definition) is 4. The number of pyridine rings is 1. The van der Waals surface area contributed by atoms with Gasteiger partial charge in [-0.05, 0) is 51.9 Å². The molecular weight excluding hydrogens is 304 g/mol. The van der Waals surface area contributed by atoms with Crippen molar-refractivity contribution in [2.45, 2.75) is 25.7 Å². The molecule has 1 fully saturated rings. The van der Waals surface area contributed by atoms with E-state index in [1.165, 1.54) is 0 Å². The van der Waals surface area contributed by atoms with Gasteiger partial charge in [-0.3, -0.25) is 9.59 Å². The highest BCUT2D eigenvalue weighted by Crippen LogP contribution is 2.26. The number of likely N-dealkylation sites (tertiary alicyclic amines) is 1. The Labute approximate surface area is 134 Å². The van der Waals surface area contributed by atoms with Crippen LogP contribution in [0.15, 0.2) is 15.7 Å². The van der Waals surface area contributed by atoms with Crippen molar-refractivity contribution in [1.29, 1.82) is 0 Å². The van der Waals surface area contributed by atoms with Crippen molar-refractivity contribution in [2.24, 2.45) is 7.05 Å². The minimum atomic E-state index is -0.236. The second kappa shape index (κ2) is 6.22. The van der Waals surface area contributed by atoms with Crippen LogP contribution in [0.4, 0.5) is 0 Å². The lowest BCUT2D eigenvalue weighted by molar-refractivity contribution is 0.254. The summed E-state index contributed by atoms with van der Waals surface area (Å²) in [5, 5.41) is 7.01. The first kappa shape index (κ1) is 16.7. The number of aryl methyl sites for hydroxylation is 2. The van der Waals surface area contributed by atoms with Crippen LogP contribution in [0.25, 0.3) is 10.9 Å². The van der Waals surface area contributed by atoms with Gasteiger partial charge in [-0.25, -0.2) is 5.10 Å². The summed E-state index contributed by atoms with van der Waals surface area (Å²) < 4.78 is 1.57. The second-order valence-electron chi connectivity index (χ2n) is 5.94. The Balaban J connectivity index is 0.00000176. The molecule has 0 bridgehead atoms. The first-order valence-corrected chi connectivity index (χ1v) is 7.26. The Bertz CT molecular complexity index is 804. The van der Waals surface area contributed by atoms with Crippen LogP contribution in [0.3, 0.4) is 0 Å². The average Bonchev–Trinajstić information content (AvgIpc) is 2.47. The lowest BCUT2D eigenvalue weighted by Crippen LogP contribution is -2.33. The molecular formula is C15H21ClN4O2. The Kier molecular flexibility index (Phi) is 4.72. The fourth-order valence-electron chi connectivity index (χ4n) is 3.23. The van der Waals surface area contributed by atoms with E-state index in [1.807, 2.05) is 0 Å². The zero-order valence-electron chi connectivity index (χ0n) is 13.0. The number of nitrogens with one attached hydrogen (secondary N) is 1. The van der Waals surface area contributed by atoms with Crippen LogP contribution >= 0.6 is 12.4 Å². The molecule has 2 aromatic rings. The monoisotopic (exact) mass is 324 g/mol. The normalized spacial score (nSPS) is 16.7. The van der Waals surface area contributed by atoms with E-state index in [4.69, 9.17) is 0 Å². The summed E-state index contributed by atoms with van der Waals surface area (Å²) in [7, 11) is 3.81. The van der Waals surface area contributed by atoms with Crippen LogP contribution in [0.5, 0.6) is 0 Å². The maximum atomic E-state index is 12.6. The number of rotatable bonds is 1. The third kappa shape index (κ3) is 2.68. The molecule has 3 heterocycles. The van der Waals surface area contributed by atoms with Crippen molar-refractivity contribution < 1.29 is 0 Å². The van der Waals surface area contributed by atoms with Gasteiger partial charge in [-0.15, -0.1) is 12.4 Å². The standard InChI is InChI=1S/C15H20N4O2.ClH/c1-9-13-12(14(20)17-16-9)8-11(15(21)19(13)3)10-4-6-18(2)7-5-10;/h8,10H,4-7H2,1-3H3,(H,17,20);1H. The fourth-order valence-corrected chi connectivity index (χ4v) is 3.23. The average molecular weight is 325 g/mol. The van der Waals surface area contributed by atoms with Crippen LogP contribution in [-0.4, -0.2) is 39.8 Å². The van der Waals surface area contributed by atoms with E-state index in [2.05, 4.69) is 22.1 Å². The summed E-state index contributed by atoms with van der Waals surface area (Å²) in [6.07, 6.45) is 1.92. The summed E-state index contributed by atoms with van der Waals surface area (Å²) >= 11 is 0. The van der Waals surface area contributed by atoms with Gasteiger partial charge in [-0.1, -0.05) is 0 Å². The molecule has 0 amide bonds. The molecule has 6 nitrogen and oxygen atoms in total. The fraction of sp³-hybridized carbons (Fsp3) is 0.533. The first-order valence-electron chi connectivity index (χ1n) is 7.26. The molecule has 22 heavy (non-hydrogen) atoms. The predicted molar refractivity (Wildman–Crippen MR) is 89.1 cm³/mol. The highest BCUT2D eigenvalue weighted by molar-refractivity contribution is 5.85. The molecule has 0 spiro atoms. The summed E-state index contributed by atoms with van der Waals surface area (Å²) in [6, 6.07) is 1.78. The number of halogens is 1. The third-order valence-electron chi connectivity index (χ3n) is 4.51. The molecule has 0 aromatic carbocycles. The second-order valence-corrected chi connectivity index (χ2v) is 5.94. The number of piperidine rings is 1. The number of H-pyrrole nitrogens is 1. The number of fused-ring (bicyclic) bond motifs is 1. The minimum Gasteiger partial charge on any atom is -0.309 e. The Morgan fingerprint density at radius 2 is 1.86 bits per heavy atom. The van der Waals surface area contributed by atoms with Gasteiger partial charge in [0, 0.05) is 12.6 Å². The molecule has 1 aliphatic heterocycles. The summed E-state index contributed by atoms with van der Waals surface area (Å²) in [4.78, 5) is 26.9. The van der Waals surface area contributed by atoms with E-state index in [0.717, 1.165) is 31.5 Å². The van der Waals surface area contributed by atoms with E-state index in [9.17, 15) is 9.59 Å². The SMILES string of the molecule is Cc1n[nH]c(=O)c2cc(C3CCN(C)CC3)c(=O)n(C)c12.Cl. The lowest BCUT2D eigenvalue weighted by atomic mass is 9.89. The van der Waals surface area contributed by atoms with Gasteiger partial charge in [0.15, 0.2) is 0 Å². The van der Waals surface area contributed by atoms with Crippen LogP contribution in [0.1, 0.15) is 30.0 Å². The van der Waals surface area contributed by atoms with Gasteiger partial charge in [0.2, 0.25) is 0 Å². The molecule has 7 heteroatoms. The Morgan fingerprint density at radius 3 is 2.50 bits per heavy atom. The molecule has 120 valence electrons. The van der Waals surface area contributed by atoms with Gasteiger partial charge in [0.05, 0.1) is 16.6 Å². The zero-order chi connectivity index (χ0) is 15.1. The van der Waals surface area contributed by atoms with Gasteiger partial charge in [-0.2, -0.15) is 5.10 Å². The Morgan fingerprint density at radius 1 is 1.23 bits per heavy atom. The van der Waals surface area contributed by atoms with E-state index >= 15 is 0 Å². The van der Waals surface area contributed by atoms with Crippen LogP contribution < -0.4 is 11.1 Å². The summed E-state index contributed by atoms with van der Waals surface area (Å²) in [5.74, 6) is 0.233.